The molecule has 0 aromatic carbocycles. The van der Waals surface area contributed by atoms with Gasteiger partial charge in [-0.1, -0.05) is 4.98 Å². The predicted octanol–water partition coefficient (Wildman–Crippen LogP) is 0.886. The van der Waals surface area contributed by atoms with Crippen LogP contribution in [0.4, 0.5) is 5.95 Å². The minimum absolute atomic E-state index is 0.0644. The van der Waals surface area contributed by atoms with Gasteiger partial charge in [-0.05, 0) is 24.8 Å². The first-order chi connectivity index (χ1) is 8.90. The molecule has 0 saturated heterocycles. The SMILES string of the molecule is Cc1cc(-n2cnc([N+](=O)[O-])n2)c(C(=O)O)c(C)n1. The molecule has 0 aliphatic rings. The summed E-state index contributed by atoms with van der Waals surface area (Å²) in [6.45, 7) is 3.23. The van der Waals surface area contributed by atoms with Gasteiger partial charge in [-0.15, -0.1) is 4.68 Å². The number of hydrogen-bond donors (Lipinski definition) is 1. The van der Waals surface area contributed by atoms with Crippen LogP contribution in [0.5, 0.6) is 0 Å². The van der Waals surface area contributed by atoms with E-state index in [2.05, 4.69) is 15.1 Å². The first-order valence-corrected chi connectivity index (χ1v) is 5.18. The molecular formula is C10H9N5O4. The molecule has 98 valence electrons. The second-order valence-corrected chi connectivity index (χ2v) is 3.79. The Balaban J connectivity index is 2.66. The van der Waals surface area contributed by atoms with Gasteiger partial charge in [0.1, 0.15) is 11.3 Å². The highest BCUT2D eigenvalue weighted by atomic mass is 16.6. The molecule has 0 spiro atoms. The van der Waals surface area contributed by atoms with E-state index in [9.17, 15) is 20.0 Å². The number of pyridine rings is 1. The van der Waals surface area contributed by atoms with Crippen molar-refractivity contribution < 1.29 is 14.8 Å². The lowest BCUT2D eigenvalue weighted by atomic mass is 10.1. The molecule has 2 aromatic rings. The quantitative estimate of drug-likeness (QED) is 0.643. The van der Waals surface area contributed by atoms with Crippen LogP contribution in [0.1, 0.15) is 21.7 Å². The molecular weight excluding hydrogens is 254 g/mol. The Hall–Kier alpha value is -2.84. The van der Waals surface area contributed by atoms with Crippen LogP contribution >= 0.6 is 0 Å². The third kappa shape index (κ3) is 2.25. The van der Waals surface area contributed by atoms with Gasteiger partial charge in [0.15, 0.2) is 0 Å². The molecule has 2 heterocycles. The number of hydrogen-bond acceptors (Lipinski definition) is 6. The Morgan fingerprint density at radius 2 is 2.16 bits per heavy atom. The number of carbonyl (C=O) groups is 1. The first kappa shape index (κ1) is 12.6. The van der Waals surface area contributed by atoms with Crippen molar-refractivity contribution in [3.8, 4) is 5.69 Å². The van der Waals surface area contributed by atoms with Crippen molar-refractivity contribution in [2.24, 2.45) is 0 Å². The van der Waals surface area contributed by atoms with E-state index in [-0.39, 0.29) is 11.3 Å². The van der Waals surface area contributed by atoms with E-state index in [0.717, 1.165) is 11.0 Å². The van der Waals surface area contributed by atoms with E-state index in [1.165, 1.54) is 6.07 Å². The lowest BCUT2D eigenvalue weighted by Gasteiger charge is -2.07. The fourth-order valence-electron chi connectivity index (χ4n) is 1.71. The molecule has 2 aromatic heterocycles. The zero-order valence-electron chi connectivity index (χ0n) is 10.1. The largest absolute Gasteiger partial charge is 0.491 e. The maximum Gasteiger partial charge on any atom is 0.491 e. The lowest BCUT2D eigenvalue weighted by molar-refractivity contribution is -0.394. The molecule has 9 heteroatoms. The number of carboxylic acids is 1. The Labute approximate surface area is 106 Å². The summed E-state index contributed by atoms with van der Waals surface area (Å²) in [6.07, 6.45) is 1.10. The number of nitrogens with zero attached hydrogens (tertiary/aromatic N) is 5. The summed E-state index contributed by atoms with van der Waals surface area (Å²) in [7, 11) is 0. The maximum atomic E-state index is 11.2. The van der Waals surface area contributed by atoms with Crippen molar-refractivity contribution in [1.82, 2.24) is 19.7 Å². The third-order valence-corrected chi connectivity index (χ3v) is 2.41. The Bertz CT molecular complexity index is 679. The van der Waals surface area contributed by atoms with Gasteiger partial charge in [-0.25, -0.2) is 4.79 Å². The summed E-state index contributed by atoms with van der Waals surface area (Å²) >= 11 is 0. The smallest absolute Gasteiger partial charge is 0.478 e. The number of aryl methyl sites for hydroxylation is 2. The van der Waals surface area contributed by atoms with Gasteiger partial charge in [0.2, 0.25) is 6.33 Å². The molecule has 19 heavy (non-hydrogen) atoms. The van der Waals surface area contributed by atoms with E-state index in [0.29, 0.717) is 11.4 Å². The Morgan fingerprint density at radius 1 is 1.47 bits per heavy atom. The number of carboxylic acid groups (broad SMARTS) is 1. The van der Waals surface area contributed by atoms with Crippen molar-refractivity contribution >= 4 is 11.9 Å². The molecule has 0 saturated carbocycles. The zero-order valence-corrected chi connectivity index (χ0v) is 10.1. The van der Waals surface area contributed by atoms with Crippen LogP contribution in [0.3, 0.4) is 0 Å². The summed E-state index contributed by atoms with van der Waals surface area (Å²) in [4.78, 5) is 28.6. The van der Waals surface area contributed by atoms with Crippen molar-refractivity contribution in [2.45, 2.75) is 13.8 Å². The van der Waals surface area contributed by atoms with E-state index in [4.69, 9.17) is 0 Å². The predicted molar refractivity (Wildman–Crippen MR) is 62.2 cm³/mol. The van der Waals surface area contributed by atoms with E-state index in [1.54, 1.807) is 13.8 Å². The fourth-order valence-corrected chi connectivity index (χ4v) is 1.71. The molecule has 0 unspecified atom stereocenters. The summed E-state index contributed by atoms with van der Waals surface area (Å²) in [5, 5.41) is 23.3. The van der Waals surface area contributed by atoms with E-state index < -0.39 is 16.8 Å². The van der Waals surface area contributed by atoms with Gasteiger partial charge in [0, 0.05) is 10.8 Å². The molecule has 0 fully saturated rings. The van der Waals surface area contributed by atoms with Crippen molar-refractivity contribution in [3.05, 3.63) is 39.5 Å². The normalized spacial score (nSPS) is 10.4. The zero-order chi connectivity index (χ0) is 14.2. The van der Waals surface area contributed by atoms with Gasteiger partial charge in [-0.2, -0.15) is 0 Å². The van der Waals surface area contributed by atoms with Crippen LogP contribution in [-0.4, -0.2) is 35.7 Å². The van der Waals surface area contributed by atoms with Crippen molar-refractivity contribution in [2.75, 3.05) is 0 Å². The summed E-state index contributed by atoms with van der Waals surface area (Å²) in [5.41, 5.74) is 1.01. The minimum atomic E-state index is -1.18. The second-order valence-electron chi connectivity index (χ2n) is 3.79. The highest BCUT2D eigenvalue weighted by Gasteiger charge is 2.22. The van der Waals surface area contributed by atoms with E-state index in [1.807, 2.05) is 0 Å². The van der Waals surface area contributed by atoms with Gasteiger partial charge >= 0.3 is 11.9 Å². The molecule has 0 bridgehead atoms. The summed E-state index contributed by atoms with van der Waals surface area (Å²) in [6, 6.07) is 1.48. The van der Waals surface area contributed by atoms with Crippen LogP contribution in [0.2, 0.25) is 0 Å². The lowest BCUT2D eigenvalue weighted by Crippen LogP contribution is -2.10. The van der Waals surface area contributed by atoms with Crippen molar-refractivity contribution in [3.63, 3.8) is 0 Å². The number of aromatic carboxylic acids is 1. The monoisotopic (exact) mass is 263 g/mol. The van der Waals surface area contributed by atoms with Crippen LogP contribution in [-0.2, 0) is 0 Å². The summed E-state index contributed by atoms with van der Waals surface area (Å²) in [5.74, 6) is -1.78. The van der Waals surface area contributed by atoms with Gasteiger partial charge in [-0.3, -0.25) is 4.98 Å². The van der Waals surface area contributed by atoms with E-state index >= 15 is 0 Å². The highest BCUT2D eigenvalue weighted by Crippen LogP contribution is 2.19. The van der Waals surface area contributed by atoms with Crippen molar-refractivity contribution in [1.29, 1.82) is 0 Å². The molecule has 2 rings (SSSR count). The second kappa shape index (κ2) is 4.44. The number of rotatable bonds is 3. The van der Waals surface area contributed by atoms with Crippen LogP contribution < -0.4 is 0 Å². The average Bonchev–Trinajstić information content (AvgIpc) is 2.76. The van der Waals surface area contributed by atoms with Crippen LogP contribution in [0.15, 0.2) is 12.4 Å². The molecule has 9 nitrogen and oxygen atoms in total. The molecule has 0 radical (unpaired) electrons. The highest BCUT2D eigenvalue weighted by molar-refractivity contribution is 5.93. The maximum absolute atomic E-state index is 11.2. The Kier molecular flexibility index (Phi) is 2.95. The minimum Gasteiger partial charge on any atom is -0.478 e. The molecule has 0 aliphatic heterocycles. The third-order valence-electron chi connectivity index (χ3n) is 2.41. The van der Waals surface area contributed by atoms with Crippen LogP contribution in [0.25, 0.3) is 5.69 Å². The average molecular weight is 263 g/mol. The standard InChI is InChI=1S/C10H9N5O4/c1-5-3-7(8(9(16)17)6(2)12-5)14-4-11-10(13-14)15(18)19/h3-4H,1-2H3,(H,16,17). The molecule has 0 aliphatic carbocycles. The fraction of sp³-hybridized carbons (Fsp3) is 0.200. The topological polar surface area (TPSA) is 124 Å². The first-order valence-electron chi connectivity index (χ1n) is 5.18. The number of aromatic nitrogens is 4. The van der Waals surface area contributed by atoms with Gasteiger partial charge in [0.05, 0.1) is 5.69 Å². The van der Waals surface area contributed by atoms with Crippen LogP contribution in [0, 0.1) is 24.0 Å². The van der Waals surface area contributed by atoms with Gasteiger partial charge in [0.25, 0.3) is 0 Å². The Morgan fingerprint density at radius 3 is 2.68 bits per heavy atom. The van der Waals surface area contributed by atoms with Gasteiger partial charge < -0.3 is 15.2 Å². The summed E-state index contributed by atoms with van der Waals surface area (Å²) < 4.78 is 1.06. The molecule has 0 amide bonds. The number of nitro groups is 1. The molecule has 1 N–H and O–H groups in total. The molecule has 0 atom stereocenters.